The Morgan fingerprint density at radius 1 is 0.938 bits per heavy atom. The summed E-state index contributed by atoms with van der Waals surface area (Å²) < 4.78 is 0. The fourth-order valence-electron chi connectivity index (χ4n) is 1.54. The van der Waals surface area contributed by atoms with Crippen molar-refractivity contribution in [1.82, 2.24) is 0 Å². The average Bonchev–Trinajstić information content (AvgIpc) is 2.28. The van der Waals surface area contributed by atoms with Crippen LogP contribution < -0.4 is 16.8 Å². The number of nitrogen functional groups attached to an aromatic ring is 2. The molecule has 0 fully saturated rings. The maximum absolute atomic E-state index is 5.85. The molecule has 16 heavy (non-hydrogen) atoms. The minimum atomic E-state index is 0.704. The predicted octanol–water partition coefficient (Wildman–Crippen LogP) is 2.46. The third-order valence-corrected chi connectivity index (χ3v) is 2.42. The van der Waals surface area contributed by atoms with Crippen LogP contribution >= 0.6 is 0 Å². The molecule has 0 aliphatic carbocycles. The average molecular weight is 213 g/mol. The van der Waals surface area contributed by atoms with Crippen LogP contribution in [0.1, 0.15) is 5.56 Å². The van der Waals surface area contributed by atoms with Gasteiger partial charge in [0.2, 0.25) is 0 Å². The SMILES string of the molecule is Nc1cccc(NCc2ccccc2N)c1. The molecule has 0 aliphatic rings. The Bertz CT molecular complexity index is 480. The van der Waals surface area contributed by atoms with Gasteiger partial charge in [0.1, 0.15) is 0 Å². The van der Waals surface area contributed by atoms with Gasteiger partial charge in [-0.1, -0.05) is 24.3 Å². The fourth-order valence-corrected chi connectivity index (χ4v) is 1.54. The Morgan fingerprint density at radius 2 is 1.75 bits per heavy atom. The maximum atomic E-state index is 5.85. The molecule has 0 heterocycles. The van der Waals surface area contributed by atoms with Crippen molar-refractivity contribution in [3.63, 3.8) is 0 Å². The van der Waals surface area contributed by atoms with E-state index in [1.807, 2.05) is 48.5 Å². The molecule has 0 amide bonds. The van der Waals surface area contributed by atoms with Crippen molar-refractivity contribution < 1.29 is 0 Å². The van der Waals surface area contributed by atoms with Gasteiger partial charge in [-0.2, -0.15) is 0 Å². The molecule has 0 saturated heterocycles. The lowest BCUT2D eigenvalue weighted by Gasteiger charge is -2.09. The van der Waals surface area contributed by atoms with Crippen molar-refractivity contribution in [1.29, 1.82) is 0 Å². The van der Waals surface area contributed by atoms with Crippen LogP contribution in [-0.2, 0) is 6.54 Å². The van der Waals surface area contributed by atoms with Crippen molar-refractivity contribution in [2.24, 2.45) is 0 Å². The molecule has 0 spiro atoms. The van der Waals surface area contributed by atoms with E-state index in [1.54, 1.807) is 0 Å². The van der Waals surface area contributed by atoms with Gasteiger partial charge in [0.25, 0.3) is 0 Å². The van der Waals surface area contributed by atoms with Crippen LogP contribution in [0, 0.1) is 0 Å². The molecule has 0 unspecified atom stereocenters. The lowest BCUT2D eigenvalue weighted by Crippen LogP contribution is -2.02. The minimum Gasteiger partial charge on any atom is -0.399 e. The molecule has 0 bridgehead atoms. The van der Waals surface area contributed by atoms with E-state index in [4.69, 9.17) is 11.5 Å². The summed E-state index contributed by atoms with van der Waals surface area (Å²) in [4.78, 5) is 0. The monoisotopic (exact) mass is 213 g/mol. The largest absolute Gasteiger partial charge is 0.399 e. The van der Waals surface area contributed by atoms with Gasteiger partial charge in [-0.15, -0.1) is 0 Å². The zero-order chi connectivity index (χ0) is 11.4. The van der Waals surface area contributed by atoms with E-state index in [1.165, 1.54) is 0 Å². The van der Waals surface area contributed by atoms with Gasteiger partial charge < -0.3 is 16.8 Å². The van der Waals surface area contributed by atoms with Gasteiger partial charge in [0, 0.05) is 23.6 Å². The van der Waals surface area contributed by atoms with Gasteiger partial charge in [-0.05, 0) is 29.8 Å². The van der Waals surface area contributed by atoms with Crippen LogP contribution in [-0.4, -0.2) is 0 Å². The Hall–Kier alpha value is -2.16. The van der Waals surface area contributed by atoms with E-state index in [-0.39, 0.29) is 0 Å². The Morgan fingerprint density at radius 3 is 2.50 bits per heavy atom. The van der Waals surface area contributed by atoms with E-state index in [9.17, 15) is 0 Å². The molecular weight excluding hydrogens is 198 g/mol. The molecule has 3 heteroatoms. The van der Waals surface area contributed by atoms with E-state index in [0.717, 1.165) is 22.6 Å². The highest BCUT2D eigenvalue weighted by molar-refractivity contribution is 5.55. The molecule has 2 aromatic rings. The summed E-state index contributed by atoms with van der Waals surface area (Å²) in [5.41, 5.74) is 15.2. The summed E-state index contributed by atoms with van der Waals surface area (Å²) in [6.45, 7) is 0.704. The molecule has 0 atom stereocenters. The molecule has 0 saturated carbocycles. The molecule has 82 valence electrons. The van der Waals surface area contributed by atoms with E-state index >= 15 is 0 Å². The molecule has 0 aliphatic heterocycles. The first-order valence-electron chi connectivity index (χ1n) is 5.18. The number of anilines is 3. The van der Waals surface area contributed by atoms with Crippen molar-refractivity contribution in [3.05, 3.63) is 54.1 Å². The first kappa shape index (κ1) is 10.4. The lowest BCUT2D eigenvalue weighted by molar-refractivity contribution is 1.15. The Balaban J connectivity index is 2.05. The van der Waals surface area contributed by atoms with Crippen molar-refractivity contribution >= 4 is 17.1 Å². The standard InChI is InChI=1S/C13H15N3/c14-11-5-3-6-12(8-11)16-9-10-4-1-2-7-13(10)15/h1-8,16H,9,14-15H2. The van der Waals surface area contributed by atoms with E-state index in [2.05, 4.69) is 5.32 Å². The predicted molar refractivity (Wildman–Crippen MR) is 69.0 cm³/mol. The van der Waals surface area contributed by atoms with Crippen LogP contribution in [0.2, 0.25) is 0 Å². The van der Waals surface area contributed by atoms with Crippen LogP contribution in [0.4, 0.5) is 17.1 Å². The van der Waals surface area contributed by atoms with Gasteiger partial charge in [0.15, 0.2) is 0 Å². The third-order valence-electron chi connectivity index (χ3n) is 2.42. The summed E-state index contributed by atoms with van der Waals surface area (Å²) in [6.07, 6.45) is 0. The number of hydrogen-bond donors (Lipinski definition) is 3. The molecule has 2 rings (SSSR count). The normalized spacial score (nSPS) is 10.0. The lowest BCUT2D eigenvalue weighted by atomic mass is 10.2. The summed E-state index contributed by atoms with van der Waals surface area (Å²) in [7, 11) is 0. The summed E-state index contributed by atoms with van der Waals surface area (Å²) in [5, 5.41) is 3.28. The van der Waals surface area contributed by atoms with Crippen molar-refractivity contribution in [2.45, 2.75) is 6.54 Å². The number of para-hydroxylation sites is 1. The smallest absolute Gasteiger partial charge is 0.0421 e. The van der Waals surface area contributed by atoms with Crippen molar-refractivity contribution in [2.75, 3.05) is 16.8 Å². The van der Waals surface area contributed by atoms with Crippen molar-refractivity contribution in [3.8, 4) is 0 Å². The zero-order valence-electron chi connectivity index (χ0n) is 8.98. The van der Waals surface area contributed by atoms with Crippen LogP contribution in [0.5, 0.6) is 0 Å². The highest BCUT2D eigenvalue weighted by Gasteiger charge is 1.97. The van der Waals surface area contributed by atoms with Crippen LogP contribution in [0.15, 0.2) is 48.5 Å². The number of benzene rings is 2. The number of rotatable bonds is 3. The van der Waals surface area contributed by atoms with Gasteiger partial charge >= 0.3 is 0 Å². The number of hydrogen-bond acceptors (Lipinski definition) is 3. The van der Waals surface area contributed by atoms with Crippen LogP contribution in [0.25, 0.3) is 0 Å². The molecule has 5 N–H and O–H groups in total. The molecule has 0 aromatic heterocycles. The Kier molecular flexibility index (Phi) is 2.96. The highest BCUT2D eigenvalue weighted by Crippen LogP contribution is 2.15. The number of nitrogens with one attached hydrogen (secondary N) is 1. The topological polar surface area (TPSA) is 64.1 Å². The quantitative estimate of drug-likeness (QED) is 0.686. The van der Waals surface area contributed by atoms with Gasteiger partial charge in [-0.25, -0.2) is 0 Å². The molecule has 0 radical (unpaired) electrons. The minimum absolute atomic E-state index is 0.704. The second-order valence-electron chi connectivity index (χ2n) is 3.68. The van der Waals surface area contributed by atoms with Gasteiger partial charge in [-0.3, -0.25) is 0 Å². The maximum Gasteiger partial charge on any atom is 0.0421 e. The van der Waals surface area contributed by atoms with E-state index < -0.39 is 0 Å². The Labute approximate surface area is 95.1 Å². The van der Waals surface area contributed by atoms with Gasteiger partial charge in [0.05, 0.1) is 0 Å². The van der Waals surface area contributed by atoms with Crippen LogP contribution in [0.3, 0.4) is 0 Å². The highest BCUT2D eigenvalue weighted by atomic mass is 14.9. The second-order valence-corrected chi connectivity index (χ2v) is 3.68. The number of nitrogens with two attached hydrogens (primary N) is 2. The third kappa shape index (κ3) is 2.45. The fraction of sp³-hybridized carbons (Fsp3) is 0.0769. The second kappa shape index (κ2) is 4.57. The van der Waals surface area contributed by atoms with E-state index in [0.29, 0.717) is 6.54 Å². The zero-order valence-corrected chi connectivity index (χ0v) is 8.98. The summed E-state index contributed by atoms with van der Waals surface area (Å²) in [5.74, 6) is 0. The first-order valence-corrected chi connectivity index (χ1v) is 5.18. The molecule has 3 nitrogen and oxygen atoms in total. The summed E-state index contributed by atoms with van der Waals surface area (Å²) in [6, 6.07) is 15.5. The molecule has 2 aromatic carbocycles. The summed E-state index contributed by atoms with van der Waals surface area (Å²) >= 11 is 0. The molecular formula is C13H15N3. The first-order chi connectivity index (χ1) is 7.75.